The number of likely N-dealkylation sites (tertiary alicyclic amines) is 1. The number of rotatable bonds is 7. The molecule has 3 rings (SSSR count). The Labute approximate surface area is 236 Å². The van der Waals surface area contributed by atoms with Crippen molar-refractivity contribution in [2.24, 2.45) is 17.8 Å². The molecule has 1 amide bonds. The Bertz CT molecular complexity index is 1230. The summed E-state index contributed by atoms with van der Waals surface area (Å²) in [5.74, 6) is 6.07. The number of Topliss-reactive ketones (excluding diaryl/α,β-unsaturated/α-hetero) is 1. The van der Waals surface area contributed by atoms with Crippen molar-refractivity contribution in [3.8, 4) is 11.8 Å². The van der Waals surface area contributed by atoms with Gasteiger partial charge in [-0.05, 0) is 89.1 Å². The van der Waals surface area contributed by atoms with E-state index in [0.29, 0.717) is 46.6 Å². The number of nitrogens with two attached hydrogens (primary N) is 1. The molecular weight excluding hydrogens is 512 g/mol. The number of nitrogens with zero attached hydrogens (tertiary/aromatic N) is 1. The van der Waals surface area contributed by atoms with Gasteiger partial charge in [0.2, 0.25) is 0 Å². The fourth-order valence-electron chi connectivity index (χ4n) is 4.64. The van der Waals surface area contributed by atoms with Crippen LogP contribution in [0.2, 0.25) is 0 Å². The van der Waals surface area contributed by atoms with Gasteiger partial charge in [-0.25, -0.2) is 9.59 Å². The Balaban J connectivity index is 1.61. The molecule has 0 bridgehead atoms. The highest BCUT2D eigenvalue weighted by Crippen LogP contribution is 2.33. The second-order valence-corrected chi connectivity index (χ2v) is 12.3. The number of piperidine rings is 1. The summed E-state index contributed by atoms with van der Waals surface area (Å²) in [6.07, 6.45) is 2.56. The number of thiophene rings is 1. The number of benzene rings is 1. The third kappa shape index (κ3) is 8.59. The van der Waals surface area contributed by atoms with Crippen LogP contribution in [0.4, 0.5) is 10.5 Å². The molecule has 0 saturated carbocycles. The lowest BCUT2D eigenvalue weighted by atomic mass is 9.81. The summed E-state index contributed by atoms with van der Waals surface area (Å²) < 4.78 is 10.6. The van der Waals surface area contributed by atoms with Gasteiger partial charge in [0.15, 0.2) is 5.78 Å². The zero-order valence-corrected chi connectivity index (χ0v) is 24.7. The number of carbonyl (C=O) groups excluding carboxylic acids is 3. The molecule has 7 nitrogen and oxygen atoms in total. The summed E-state index contributed by atoms with van der Waals surface area (Å²) in [4.78, 5) is 40.8. The number of esters is 1. The molecule has 2 heterocycles. The predicted molar refractivity (Wildman–Crippen MR) is 155 cm³/mol. The van der Waals surface area contributed by atoms with Crippen LogP contribution in [0.1, 0.15) is 91.3 Å². The van der Waals surface area contributed by atoms with Crippen LogP contribution in [0.3, 0.4) is 0 Å². The molecule has 210 valence electrons. The van der Waals surface area contributed by atoms with Gasteiger partial charge in [-0.1, -0.05) is 25.7 Å². The smallest absolute Gasteiger partial charge is 0.410 e. The second kappa shape index (κ2) is 13.2. The van der Waals surface area contributed by atoms with E-state index >= 15 is 0 Å². The van der Waals surface area contributed by atoms with Crippen molar-refractivity contribution < 1.29 is 23.9 Å². The Hall–Kier alpha value is -3.31. The van der Waals surface area contributed by atoms with E-state index in [1.165, 1.54) is 11.3 Å². The molecule has 0 spiro atoms. The van der Waals surface area contributed by atoms with Gasteiger partial charge in [0.1, 0.15) is 5.60 Å². The molecule has 8 heteroatoms. The highest BCUT2D eigenvalue weighted by atomic mass is 32.1. The van der Waals surface area contributed by atoms with Gasteiger partial charge in [0.05, 0.1) is 27.6 Å². The zero-order chi connectivity index (χ0) is 28.7. The quantitative estimate of drug-likeness (QED) is 0.242. The predicted octanol–water partition coefficient (Wildman–Crippen LogP) is 6.40. The van der Waals surface area contributed by atoms with Crippen LogP contribution in [-0.2, 0) is 9.47 Å². The minimum atomic E-state index is -0.517. The van der Waals surface area contributed by atoms with Crippen molar-refractivity contribution in [3.63, 3.8) is 0 Å². The van der Waals surface area contributed by atoms with E-state index < -0.39 is 5.60 Å². The lowest BCUT2D eigenvalue weighted by molar-refractivity contribution is 0.0148. The third-order valence-electron chi connectivity index (χ3n) is 6.85. The van der Waals surface area contributed by atoms with Crippen LogP contribution in [0.5, 0.6) is 0 Å². The van der Waals surface area contributed by atoms with Crippen molar-refractivity contribution in [3.05, 3.63) is 51.2 Å². The number of ether oxygens (including phenoxy) is 2. The third-order valence-corrected chi connectivity index (χ3v) is 7.93. The first-order valence-electron chi connectivity index (χ1n) is 13.6. The summed E-state index contributed by atoms with van der Waals surface area (Å²) in [7, 11) is 0. The molecule has 0 radical (unpaired) electrons. The van der Waals surface area contributed by atoms with Crippen molar-refractivity contribution in [2.75, 3.05) is 25.4 Å². The monoisotopic (exact) mass is 552 g/mol. The van der Waals surface area contributed by atoms with Gasteiger partial charge in [-0.15, -0.1) is 11.3 Å². The minimum absolute atomic E-state index is 0.0247. The molecule has 2 unspecified atom stereocenters. The molecule has 1 fully saturated rings. The molecule has 2 aromatic rings. The normalized spacial score (nSPS) is 17.0. The first kappa shape index (κ1) is 30.2. The first-order valence-corrected chi connectivity index (χ1v) is 14.4. The molecule has 39 heavy (non-hydrogen) atoms. The summed E-state index contributed by atoms with van der Waals surface area (Å²) in [6, 6.07) is 8.64. The van der Waals surface area contributed by atoms with Crippen LogP contribution in [0.15, 0.2) is 30.3 Å². The molecule has 0 aliphatic carbocycles. The molecule has 1 aromatic carbocycles. The summed E-state index contributed by atoms with van der Waals surface area (Å²) in [5.41, 5.74) is 7.38. The van der Waals surface area contributed by atoms with E-state index in [1.54, 1.807) is 42.2 Å². The van der Waals surface area contributed by atoms with Crippen LogP contribution in [0.25, 0.3) is 0 Å². The Morgan fingerprint density at radius 2 is 1.85 bits per heavy atom. The van der Waals surface area contributed by atoms with Crippen LogP contribution in [-0.4, -0.2) is 48.0 Å². The Morgan fingerprint density at radius 1 is 1.15 bits per heavy atom. The average molecular weight is 553 g/mol. The SMILES string of the molecule is CCOC(=O)c1ccc(C#Cc2cc(N)c(C(=O)C(C)C(C)C[C@H]3CCCN(C(=O)OC(C)(C)C)C3)s2)cc1. The molecule has 1 aliphatic heterocycles. The highest BCUT2D eigenvalue weighted by molar-refractivity contribution is 7.15. The lowest BCUT2D eigenvalue weighted by Crippen LogP contribution is -2.43. The maximum atomic E-state index is 13.4. The fraction of sp³-hybridized carbons (Fsp3) is 0.516. The second-order valence-electron chi connectivity index (χ2n) is 11.2. The van der Waals surface area contributed by atoms with E-state index in [-0.39, 0.29) is 29.7 Å². The number of amides is 1. The van der Waals surface area contributed by atoms with E-state index in [1.807, 2.05) is 27.7 Å². The molecular formula is C31H40N2O5S. The highest BCUT2D eigenvalue weighted by Gasteiger charge is 2.31. The van der Waals surface area contributed by atoms with Crippen molar-refractivity contribution in [2.45, 2.75) is 66.4 Å². The van der Waals surface area contributed by atoms with E-state index in [4.69, 9.17) is 15.2 Å². The topological polar surface area (TPSA) is 98.9 Å². The lowest BCUT2D eigenvalue weighted by Gasteiger charge is -2.35. The number of anilines is 1. The number of nitrogen functional groups attached to an aromatic ring is 1. The van der Waals surface area contributed by atoms with Crippen LogP contribution in [0, 0.1) is 29.6 Å². The standard InChI is InChI=1S/C31H40N2O5S/c1-7-37-29(35)24-13-10-22(11-14-24)12-15-25-18-26(32)28(39-25)27(34)21(3)20(2)17-23-9-8-16-33(19-23)30(36)38-31(4,5)6/h10-11,13-14,18,20-21,23H,7-9,16-17,19,32H2,1-6H3/t20?,21?,23-/m1/s1. The van der Waals surface area contributed by atoms with E-state index in [9.17, 15) is 14.4 Å². The summed E-state index contributed by atoms with van der Waals surface area (Å²) >= 11 is 1.31. The minimum Gasteiger partial charge on any atom is -0.462 e. The van der Waals surface area contributed by atoms with Crippen molar-refractivity contribution in [1.29, 1.82) is 0 Å². The molecule has 1 aliphatic rings. The largest absolute Gasteiger partial charge is 0.462 e. The van der Waals surface area contributed by atoms with E-state index in [0.717, 1.165) is 24.8 Å². The maximum absolute atomic E-state index is 13.4. The van der Waals surface area contributed by atoms with Crippen LogP contribution >= 0.6 is 11.3 Å². The number of hydrogen-bond donors (Lipinski definition) is 1. The molecule has 2 N–H and O–H groups in total. The molecule has 3 atom stereocenters. The number of carbonyl (C=O) groups is 3. The van der Waals surface area contributed by atoms with Gasteiger partial charge in [-0.2, -0.15) is 0 Å². The first-order chi connectivity index (χ1) is 18.4. The Morgan fingerprint density at radius 3 is 2.49 bits per heavy atom. The van der Waals surface area contributed by atoms with Gasteiger partial charge in [0, 0.05) is 24.6 Å². The van der Waals surface area contributed by atoms with Gasteiger partial charge < -0.3 is 20.1 Å². The molecule has 1 aromatic heterocycles. The Kier molecular flexibility index (Phi) is 10.2. The number of ketones is 1. The summed E-state index contributed by atoms with van der Waals surface area (Å²) in [5, 5.41) is 0. The average Bonchev–Trinajstić information content (AvgIpc) is 3.26. The maximum Gasteiger partial charge on any atom is 0.410 e. The number of hydrogen-bond acceptors (Lipinski definition) is 7. The van der Waals surface area contributed by atoms with Gasteiger partial charge >= 0.3 is 12.1 Å². The van der Waals surface area contributed by atoms with Gasteiger partial charge in [-0.3, -0.25) is 4.79 Å². The van der Waals surface area contributed by atoms with Crippen molar-refractivity contribution >= 4 is 34.9 Å². The van der Waals surface area contributed by atoms with E-state index in [2.05, 4.69) is 18.8 Å². The van der Waals surface area contributed by atoms with Gasteiger partial charge in [0.25, 0.3) is 0 Å². The van der Waals surface area contributed by atoms with Crippen LogP contribution < -0.4 is 5.73 Å². The van der Waals surface area contributed by atoms with Crippen molar-refractivity contribution in [1.82, 2.24) is 4.90 Å². The zero-order valence-electron chi connectivity index (χ0n) is 23.8. The molecule has 1 saturated heterocycles. The summed E-state index contributed by atoms with van der Waals surface area (Å²) in [6.45, 7) is 13.1. The fourth-order valence-corrected chi connectivity index (χ4v) is 5.61.